The molecule has 105 heavy (non-hydrogen) atoms. The monoisotopic (exact) mass is 1360 g/mol. The van der Waals surface area contributed by atoms with E-state index in [4.69, 9.17) is 0 Å². The molecule has 0 atom stereocenters. The third kappa shape index (κ3) is 12.9. The fraction of sp³-hybridized carbons (Fsp3) is 0.200. The van der Waals surface area contributed by atoms with Gasteiger partial charge in [0.25, 0.3) is 6.71 Å². The lowest BCUT2D eigenvalue weighted by atomic mass is 9.33. The average Bonchev–Trinajstić information content (AvgIpc) is 0.685. The van der Waals surface area contributed by atoms with E-state index in [1.165, 1.54) is 44.2 Å². The van der Waals surface area contributed by atoms with Crippen molar-refractivity contribution < 1.29 is 0 Å². The molecular weight excluding hydrogens is 1270 g/mol. The van der Waals surface area contributed by atoms with Crippen LogP contribution in [0.25, 0.3) is 89.0 Å². The van der Waals surface area contributed by atoms with Crippen molar-refractivity contribution >= 4 is 57.2 Å². The number of fused-ring (bicyclic) bond motifs is 4. The molecule has 0 bridgehead atoms. The van der Waals surface area contributed by atoms with Crippen molar-refractivity contribution in [3.05, 3.63) is 318 Å². The van der Waals surface area contributed by atoms with E-state index in [9.17, 15) is 10.5 Å². The van der Waals surface area contributed by atoms with Gasteiger partial charge in [0.1, 0.15) is 0 Å². The molecule has 0 fully saturated rings. The molecular formula is C100H91BN4. The lowest BCUT2D eigenvalue weighted by molar-refractivity contribution is 0.590. The van der Waals surface area contributed by atoms with Gasteiger partial charge in [0.15, 0.2) is 0 Å². The third-order valence-corrected chi connectivity index (χ3v) is 21.8. The predicted molar refractivity (Wildman–Crippen MR) is 447 cm³/mol. The van der Waals surface area contributed by atoms with Gasteiger partial charge >= 0.3 is 0 Å². The number of hydrogen-bond donors (Lipinski definition) is 0. The number of nitrogens with zero attached hydrogens (tertiary/aromatic N) is 4. The molecule has 0 saturated carbocycles. The molecule has 514 valence electrons. The maximum atomic E-state index is 11.0. The van der Waals surface area contributed by atoms with Gasteiger partial charge in [0, 0.05) is 45.0 Å². The molecule has 0 unspecified atom stereocenters. The molecule has 0 aromatic heterocycles. The zero-order valence-electron chi connectivity index (χ0n) is 63.4. The Bertz CT molecular complexity index is 5100. The van der Waals surface area contributed by atoms with Crippen molar-refractivity contribution in [1.29, 1.82) is 10.5 Å². The summed E-state index contributed by atoms with van der Waals surface area (Å²) in [4.78, 5) is 5.30. The second-order valence-electron chi connectivity index (χ2n) is 34.0. The standard InChI is InChI=1S/C100H91BN4/c1-96(2,3)76-44-34-66(35-45-76)83-54-74(81-32-24-22-30-72(81)62-102)55-84(67-36-46-77(47-37-67)97(4,5)6)94(83)104-89-52-42-70(64-26-18-16-19-27-64)58-87(89)101-88-59-71(65-28-20-17-21-29-65)43-53-90(88)105(92-61-80(100(13,14)15)60-91(104)93(92)101)95-85(68-38-48-78(49-39-68)98(7,8)9)56-75(82-33-25-23-31-73(82)63-103)57-86(95)69-40-50-79(51-41-69)99(10,11)12/h16-61H,1-15H3. The van der Waals surface area contributed by atoms with Crippen LogP contribution in [-0.4, -0.2) is 6.71 Å². The van der Waals surface area contributed by atoms with Crippen molar-refractivity contribution in [2.75, 3.05) is 9.80 Å². The summed E-state index contributed by atoms with van der Waals surface area (Å²) in [6, 6.07) is 109. The van der Waals surface area contributed by atoms with Crippen molar-refractivity contribution in [1.82, 2.24) is 0 Å². The van der Waals surface area contributed by atoms with Crippen LogP contribution in [0.1, 0.15) is 143 Å². The van der Waals surface area contributed by atoms with Crippen LogP contribution in [0.15, 0.2) is 279 Å². The van der Waals surface area contributed by atoms with Crippen LogP contribution in [0.5, 0.6) is 0 Å². The van der Waals surface area contributed by atoms with E-state index >= 15 is 0 Å². The summed E-state index contributed by atoms with van der Waals surface area (Å²) in [6.07, 6.45) is 0. The first-order valence-electron chi connectivity index (χ1n) is 37.1. The van der Waals surface area contributed by atoms with Gasteiger partial charge in [-0.05, 0) is 199 Å². The summed E-state index contributed by atoms with van der Waals surface area (Å²) in [7, 11) is 0. The lowest BCUT2D eigenvalue weighted by Crippen LogP contribution is -2.61. The van der Waals surface area contributed by atoms with Crippen LogP contribution in [0.4, 0.5) is 34.1 Å². The van der Waals surface area contributed by atoms with E-state index in [1.807, 2.05) is 24.3 Å². The Balaban J connectivity index is 1.15. The first-order valence-corrected chi connectivity index (χ1v) is 37.1. The summed E-state index contributed by atoms with van der Waals surface area (Å²) in [5.41, 5.74) is 33.2. The zero-order chi connectivity index (χ0) is 73.6. The van der Waals surface area contributed by atoms with Crippen molar-refractivity contribution in [3.8, 4) is 101 Å². The van der Waals surface area contributed by atoms with Gasteiger partial charge in [0.2, 0.25) is 0 Å². The van der Waals surface area contributed by atoms with Crippen LogP contribution in [0.2, 0.25) is 0 Å². The smallest absolute Gasteiger partial charge is 0.252 e. The fourth-order valence-electron chi connectivity index (χ4n) is 15.7. The highest BCUT2D eigenvalue weighted by Gasteiger charge is 2.46. The van der Waals surface area contributed by atoms with Crippen LogP contribution < -0.4 is 26.2 Å². The van der Waals surface area contributed by atoms with Gasteiger partial charge in [-0.25, -0.2) is 0 Å². The topological polar surface area (TPSA) is 54.1 Å². The molecule has 0 aliphatic carbocycles. The van der Waals surface area contributed by atoms with Gasteiger partial charge in [-0.1, -0.05) is 322 Å². The minimum Gasteiger partial charge on any atom is -0.310 e. The Morgan fingerprint density at radius 2 is 0.514 bits per heavy atom. The number of anilines is 6. The van der Waals surface area contributed by atoms with Crippen molar-refractivity contribution in [3.63, 3.8) is 0 Å². The molecule has 2 aliphatic rings. The predicted octanol–water partition coefficient (Wildman–Crippen LogP) is 25.3. The van der Waals surface area contributed by atoms with E-state index in [-0.39, 0.29) is 33.8 Å². The number of rotatable bonds is 10. The van der Waals surface area contributed by atoms with Gasteiger partial charge in [0.05, 0.1) is 34.6 Å². The third-order valence-electron chi connectivity index (χ3n) is 21.8. The quantitative estimate of drug-likeness (QED) is 0.128. The molecule has 0 spiro atoms. The fourth-order valence-corrected chi connectivity index (χ4v) is 15.7. The van der Waals surface area contributed by atoms with E-state index in [2.05, 4.69) is 381 Å². The zero-order valence-corrected chi connectivity index (χ0v) is 63.4. The molecule has 5 heteroatoms. The van der Waals surface area contributed by atoms with Crippen molar-refractivity contribution in [2.45, 2.75) is 131 Å². The Hall–Kier alpha value is -11.5. The van der Waals surface area contributed by atoms with Gasteiger partial charge in [-0.2, -0.15) is 10.5 Å². The Labute approximate surface area is 623 Å². The summed E-state index contributed by atoms with van der Waals surface area (Å²) in [5, 5.41) is 22.1. The molecule has 2 aliphatic heterocycles. The van der Waals surface area contributed by atoms with Gasteiger partial charge in [-0.15, -0.1) is 0 Å². The Morgan fingerprint density at radius 3 is 0.800 bits per heavy atom. The minimum absolute atomic E-state index is 0.103. The average molecular weight is 1360 g/mol. The molecule has 0 radical (unpaired) electrons. The van der Waals surface area contributed by atoms with E-state index in [0.717, 1.165) is 123 Å². The second kappa shape index (κ2) is 26.3. The first kappa shape index (κ1) is 69.2. The van der Waals surface area contributed by atoms with Crippen LogP contribution >= 0.6 is 0 Å². The molecule has 0 N–H and O–H groups in total. The Morgan fingerprint density at radius 1 is 0.238 bits per heavy atom. The highest BCUT2D eigenvalue weighted by Crippen LogP contribution is 2.56. The van der Waals surface area contributed by atoms with Gasteiger partial charge < -0.3 is 9.80 Å². The molecule has 4 nitrogen and oxygen atoms in total. The molecule has 2 heterocycles. The molecule has 13 aromatic rings. The van der Waals surface area contributed by atoms with E-state index in [1.54, 1.807) is 0 Å². The summed E-state index contributed by atoms with van der Waals surface area (Å²) in [5.74, 6) is 0. The largest absolute Gasteiger partial charge is 0.310 e. The molecule has 13 aromatic carbocycles. The van der Waals surface area contributed by atoms with Crippen LogP contribution in [0, 0.1) is 22.7 Å². The lowest BCUT2D eigenvalue weighted by Gasteiger charge is -2.46. The highest BCUT2D eigenvalue weighted by molar-refractivity contribution is 7.00. The maximum absolute atomic E-state index is 11.0. The summed E-state index contributed by atoms with van der Waals surface area (Å²) >= 11 is 0. The molecule has 0 amide bonds. The van der Waals surface area contributed by atoms with E-state index in [0.29, 0.717) is 11.1 Å². The number of nitriles is 2. The minimum atomic E-state index is -0.378. The number of hydrogen-bond acceptors (Lipinski definition) is 4. The summed E-state index contributed by atoms with van der Waals surface area (Å²) < 4.78 is 0. The maximum Gasteiger partial charge on any atom is 0.252 e. The highest BCUT2D eigenvalue weighted by atomic mass is 15.2. The van der Waals surface area contributed by atoms with Gasteiger partial charge in [-0.3, -0.25) is 0 Å². The summed E-state index contributed by atoms with van der Waals surface area (Å²) in [6.45, 7) is 34.2. The molecule has 0 saturated heterocycles. The first-order chi connectivity index (χ1) is 50.1. The van der Waals surface area contributed by atoms with Crippen LogP contribution in [0.3, 0.4) is 0 Å². The normalized spacial score (nSPS) is 12.8. The van der Waals surface area contributed by atoms with Crippen molar-refractivity contribution in [2.24, 2.45) is 0 Å². The SMILES string of the molecule is CC(C)(C)c1ccc(-c2cc(-c3ccccc3C#N)cc(-c3ccc(C(C)(C)C)cc3)c2N2c3ccc(-c4ccccc4)cc3B3c4cc(-c5ccccc5)ccc4N(c4c(-c5ccc(C(C)(C)C)cc5)cc(-c5ccccc5C#N)cc4-c4ccc(C(C)(C)C)cc4)c4cc(C(C)(C)C)cc2c43)cc1. The Kier molecular flexibility index (Phi) is 17.4. The molecule has 15 rings (SSSR count). The van der Waals surface area contributed by atoms with Crippen LogP contribution in [-0.2, 0) is 27.1 Å². The van der Waals surface area contributed by atoms with E-state index < -0.39 is 0 Å². The number of benzene rings is 13. The second-order valence-corrected chi connectivity index (χ2v) is 34.0.